The number of hydrogen-bond donors (Lipinski definition) is 2. The van der Waals surface area contributed by atoms with Crippen molar-refractivity contribution in [3.8, 4) is 6.07 Å². The Morgan fingerprint density at radius 1 is 1.67 bits per heavy atom. The number of carbonyl (C=O) groups is 1. The molecule has 2 aromatic rings. The summed E-state index contributed by atoms with van der Waals surface area (Å²) in [7, 11) is 1.66. The van der Waals surface area contributed by atoms with Crippen LogP contribution in [0.25, 0.3) is 0 Å². The number of aromatic carboxylic acids is 1. The molecule has 2 rings (SSSR count). The van der Waals surface area contributed by atoms with Crippen molar-refractivity contribution in [3.63, 3.8) is 0 Å². The fourth-order valence-corrected chi connectivity index (χ4v) is 2.24. The number of nitriles is 1. The lowest BCUT2D eigenvalue weighted by atomic mass is 10.3. The molecule has 2 heterocycles. The molecule has 0 aliphatic carbocycles. The minimum atomic E-state index is -1.11. The molecule has 0 fully saturated rings. The van der Waals surface area contributed by atoms with E-state index in [-0.39, 0.29) is 5.69 Å². The minimum Gasteiger partial charge on any atom is -0.476 e. The molecule has 0 atom stereocenters. The summed E-state index contributed by atoms with van der Waals surface area (Å²) in [5.74, 6) is -0.661. The maximum Gasteiger partial charge on any atom is 0.357 e. The molecule has 8 heteroatoms. The maximum absolute atomic E-state index is 11.0. The van der Waals surface area contributed by atoms with Gasteiger partial charge in [0.2, 0.25) is 0 Å². The average Bonchev–Trinajstić information content (AvgIpc) is 2.84. The van der Waals surface area contributed by atoms with Crippen molar-refractivity contribution < 1.29 is 9.90 Å². The van der Waals surface area contributed by atoms with E-state index in [1.807, 2.05) is 6.07 Å². The Kier molecular flexibility index (Phi) is 2.99. The van der Waals surface area contributed by atoms with Crippen LogP contribution in [-0.4, -0.2) is 25.8 Å². The summed E-state index contributed by atoms with van der Waals surface area (Å²) in [5, 5.41) is 25.8. The quantitative estimate of drug-likeness (QED) is 0.869. The van der Waals surface area contributed by atoms with E-state index in [1.54, 1.807) is 14.0 Å². The third-order valence-corrected chi connectivity index (χ3v) is 3.11. The molecule has 92 valence electrons. The van der Waals surface area contributed by atoms with Gasteiger partial charge in [-0.2, -0.15) is 10.4 Å². The Hall–Kier alpha value is -2.40. The number of carboxylic acid groups (broad SMARTS) is 1. The number of thiazole rings is 1. The molecule has 0 aliphatic heterocycles. The van der Waals surface area contributed by atoms with E-state index < -0.39 is 5.97 Å². The molecule has 0 unspecified atom stereocenters. The van der Waals surface area contributed by atoms with Crippen molar-refractivity contribution in [2.24, 2.45) is 7.05 Å². The van der Waals surface area contributed by atoms with Gasteiger partial charge in [-0.25, -0.2) is 9.78 Å². The van der Waals surface area contributed by atoms with Crippen molar-refractivity contribution in [1.29, 1.82) is 5.26 Å². The molecule has 0 radical (unpaired) electrons. The first kappa shape index (κ1) is 12.1. The highest BCUT2D eigenvalue weighted by atomic mass is 32.1. The lowest BCUT2D eigenvalue weighted by Crippen LogP contribution is -2.04. The Bertz CT molecular complexity index is 652. The van der Waals surface area contributed by atoms with Crippen LogP contribution in [0.1, 0.15) is 21.1 Å². The molecule has 18 heavy (non-hydrogen) atoms. The van der Waals surface area contributed by atoms with E-state index in [2.05, 4.69) is 15.4 Å². The summed E-state index contributed by atoms with van der Waals surface area (Å²) in [6.07, 6.45) is 1.41. The van der Waals surface area contributed by atoms with E-state index in [1.165, 1.54) is 22.2 Å². The highest BCUT2D eigenvalue weighted by molar-refractivity contribution is 7.16. The Morgan fingerprint density at radius 3 is 3.00 bits per heavy atom. The van der Waals surface area contributed by atoms with Crippen LogP contribution >= 0.6 is 11.3 Å². The van der Waals surface area contributed by atoms with E-state index in [9.17, 15) is 4.79 Å². The second-order valence-corrected chi connectivity index (χ2v) is 4.69. The summed E-state index contributed by atoms with van der Waals surface area (Å²) in [4.78, 5) is 14.9. The highest BCUT2D eigenvalue weighted by Gasteiger charge is 2.18. The normalized spacial score (nSPS) is 10.1. The maximum atomic E-state index is 11.0. The molecule has 0 aliphatic rings. The van der Waals surface area contributed by atoms with E-state index in [4.69, 9.17) is 10.4 Å². The molecule has 0 aromatic carbocycles. The average molecular weight is 263 g/mol. The highest BCUT2D eigenvalue weighted by Crippen LogP contribution is 2.28. The van der Waals surface area contributed by atoms with E-state index in [0.29, 0.717) is 21.4 Å². The van der Waals surface area contributed by atoms with Crippen LogP contribution < -0.4 is 5.32 Å². The fourth-order valence-electron chi connectivity index (χ4n) is 1.43. The molecule has 7 nitrogen and oxygen atoms in total. The molecule has 0 bridgehead atoms. The number of hydrogen-bond acceptors (Lipinski definition) is 6. The molecular formula is C10H9N5O2S. The van der Waals surface area contributed by atoms with Crippen LogP contribution in [0.3, 0.4) is 0 Å². The zero-order valence-corrected chi connectivity index (χ0v) is 10.4. The van der Waals surface area contributed by atoms with Crippen LogP contribution in [-0.2, 0) is 7.05 Å². The fraction of sp³-hybridized carbons (Fsp3) is 0.200. The summed E-state index contributed by atoms with van der Waals surface area (Å²) in [5.41, 5.74) is 0.294. The molecule has 2 N–H and O–H groups in total. The second-order valence-electron chi connectivity index (χ2n) is 3.48. The molecule has 0 spiro atoms. The lowest BCUT2D eigenvalue weighted by molar-refractivity contribution is 0.0692. The zero-order valence-electron chi connectivity index (χ0n) is 9.63. The number of carboxylic acids is 1. The van der Waals surface area contributed by atoms with Gasteiger partial charge in [-0.3, -0.25) is 4.68 Å². The van der Waals surface area contributed by atoms with Crippen molar-refractivity contribution in [3.05, 3.63) is 22.5 Å². The van der Waals surface area contributed by atoms with Crippen molar-refractivity contribution in [2.75, 3.05) is 5.32 Å². The van der Waals surface area contributed by atoms with Gasteiger partial charge in [0.25, 0.3) is 0 Å². The van der Waals surface area contributed by atoms with Gasteiger partial charge in [0.15, 0.2) is 5.69 Å². The van der Waals surface area contributed by atoms with Gasteiger partial charge in [-0.05, 0) is 6.92 Å². The zero-order chi connectivity index (χ0) is 13.3. The third kappa shape index (κ3) is 2.03. The van der Waals surface area contributed by atoms with Crippen molar-refractivity contribution in [1.82, 2.24) is 14.8 Å². The van der Waals surface area contributed by atoms with Crippen LogP contribution in [0.5, 0.6) is 0 Å². The smallest absolute Gasteiger partial charge is 0.357 e. The number of rotatable bonds is 3. The number of aryl methyl sites for hydroxylation is 2. The first-order valence-corrected chi connectivity index (χ1v) is 5.74. The van der Waals surface area contributed by atoms with Crippen molar-refractivity contribution in [2.45, 2.75) is 6.92 Å². The summed E-state index contributed by atoms with van der Waals surface area (Å²) >= 11 is 1.22. The minimum absolute atomic E-state index is 0.0532. The molecule has 0 saturated heterocycles. The number of nitrogens with one attached hydrogen (secondary N) is 1. The van der Waals surface area contributed by atoms with Gasteiger partial charge in [-0.1, -0.05) is 0 Å². The molecule has 0 saturated carbocycles. The Morgan fingerprint density at radius 2 is 2.39 bits per heavy atom. The van der Waals surface area contributed by atoms with E-state index in [0.717, 1.165) is 0 Å². The summed E-state index contributed by atoms with van der Waals surface area (Å²) in [6, 6.07) is 1.98. The van der Waals surface area contributed by atoms with Crippen LogP contribution in [0, 0.1) is 18.3 Å². The van der Waals surface area contributed by atoms with Crippen LogP contribution in [0.15, 0.2) is 6.20 Å². The molecular weight excluding hydrogens is 254 g/mol. The molecule has 2 aromatic heterocycles. The number of anilines is 2. The second kappa shape index (κ2) is 4.46. The number of aromatic nitrogens is 3. The largest absolute Gasteiger partial charge is 0.476 e. The summed E-state index contributed by atoms with van der Waals surface area (Å²) < 4.78 is 1.47. The van der Waals surface area contributed by atoms with Gasteiger partial charge in [-0.15, -0.1) is 11.3 Å². The van der Waals surface area contributed by atoms with Gasteiger partial charge in [0.05, 0.1) is 11.2 Å². The topological polar surface area (TPSA) is 104 Å². The predicted molar refractivity (Wildman–Crippen MR) is 65.0 cm³/mol. The van der Waals surface area contributed by atoms with Gasteiger partial charge in [0.1, 0.15) is 22.5 Å². The molecule has 0 amide bonds. The predicted octanol–water partition coefficient (Wildman–Crippen LogP) is 1.50. The first-order valence-electron chi connectivity index (χ1n) is 4.92. The third-order valence-electron chi connectivity index (χ3n) is 2.23. The Labute approximate surface area is 106 Å². The number of nitrogens with zero attached hydrogens (tertiary/aromatic N) is 4. The van der Waals surface area contributed by atoms with E-state index >= 15 is 0 Å². The first-order chi connectivity index (χ1) is 8.52. The van der Waals surface area contributed by atoms with Crippen LogP contribution in [0.2, 0.25) is 0 Å². The standard InChI is InChI=1S/C10H9N5O2S/c1-5-13-7(10(16)17)9(18-5)14-8-6(3-11)4-12-15(8)2/h4,14H,1-2H3,(H,16,17). The SMILES string of the molecule is Cc1nc(C(=O)O)c(Nc2c(C#N)cnn2C)s1. The van der Waals surface area contributed by atoms with Gasteiger partial charge in [0, 0.05) is 7.05 Å². The van der Waals surface area contributed by atoms with Crippen LogP contribution in [0.4, 0.5) is 10.8 Å². The van der Waals surface area contributed by atoms with Gasteiger partial charge >= 0.3 is 5.97 Å². The van der Waals surface area contributed by atoms with Crippen molar-refractivity contribution >= 4 is 28.1 Å². The monoisotopic (exact) mass is 263 g/mol. The Balaban J connectivity index is 2.43. The lowest BCUT2D eigenvalue weighted by Gasteiger charge is -2.04. The summed E-state index contributed by atoms with van der Waals surface area (Å²) in [6.45, 7) is 1.72. The van der Waals surface area contributed by atoms with Gasteiger partial charge < -0.3 is 10.4 Å².